The topological polar surface area (TPSA) is 86.5 Å². The molecule has 0 radical (unpaired) electrons. The molecular weight excluding hydrogens is 264 g/mol. The Kier molecular flexibility index (Phi) is 5.77. The lowest BCUT2D eigenvalue weighted by atomic mass is 9.90. The van der Waals surface area contributed by atoms with Crippen LogP contribution in [0.3, 0.4) is 0 Å². The van der Waals surface area contributed by atoms with E-state index in [9.17, 15) is 5.26 Å². The van der Waals surface area contributed by atoms with E-state index in [1.807, 2.05) is 13.8 Å². The van der Waals surface area contributed by atoms with Gasteiger partial charge >= 0.3 is 0 Å². The number of hydrogen-bond donors (Lipinski definition) is 2. The lowest BCUT2D eigenvalue weighted by molar-refractivity contribution is 0.483. The number of anilines is 2. The Morgan fingerprint density at radius 3 is 2.21 bits per heavy atom. The number of rotatable bonds is 7. The minimum absolute atomic E-state index is 0.0988. The first kappa shape index (κ1) is 15.4. The minimum Gasteiger partial charge on any atom is -0.357 e. The summed E-state index contributed by atoms with van der Waals surface area (Å²) in [4.78, 5) is 12.1. The zero-order chi connectivity index (χ0) is 14.3. The van der Waals surface area contributed by atoms with Crippen molar-refractivity contribution >= 4 is 23.5 Å². The van der Waals surface area contributed by atoms with Gasteiger partial charge in [0.2, 0.25) is 17.2 Å². The van der Waals surface area contributed by atoms with Crippen LogP contribution in [0.15, 0.2) is 0 Å². The molecule has 6 nitrogen and oxygen atoms in total. The fraction of sp³-hybridized carbons (Fsp3) is 0.667. The first-order valence-corrected chi connectivity index (χ1v) is 6.75. The summed E-state index contributed by atoms with van der Waals surface area (Å²) in [6, 6.07) is 2.35. The van der Waals surface area contributed by atoms with Gasteiger partial charge in [0.05, 0.1) is 6.07 Å². The van der Waals surface area contributed by atoms with Crippen LogP contribution < -0.4 is 10.6 Å². The Balaban J connectivity index is 3.02. The summed E-state index contributed by atoms with van der Waals surface area (Å²) in [5, 5.41) is 15.5. The second-order valence-electron chi connectivity index (χ2n) is 4.32. The van der Waals surface area contributed by atoms with Crippen LogP contribution in [0.25, 0.3) is 0 Å². The smallest absolute Gasteiger partial charge is 0.230 e. The van der Waals surface area contributed by atoms with E-state index >= 15 is 0 Å². The van der Waals surface area contributed by atoms with Crippen molar-refractivity contribution < 1.29 is 0 Å². The average Bonchev–Trinajstić information content (AvgIpc) is 2.38. The Hall–Kier alpha value is -1.61. The van der Waals surface area contributed by atoms with Gasteiger partial charge in [-0.3, -0.25) is 0 Å². The van der Waals surface area contributed by atoms with E-state index in [0.717, 1.165) is 25.7 Å². The molecule has 0 aromatic carbocycles. The molecule has 0 spiro atoms. The molecule has 19 heavy (non-hydrogen) atoms. The fourth-order valence-corrected chi connectivity index (χ4v) is 2.14. The van der Waals surface area contributed by atoms with Gasteiger partial charge in [-0.05, 0) is 24.4 Å². The van der Waals surface area contributed by atoms with Crippen LogP contribution in [-0.4, -0.2) is 27.5 Å². The average molecular weight is 283 g/mol. The summed E-state index contributed by atoms with van der Waals surface area (Å²) in [5.74, 6) is 0.704. The van der Waals surface area contributed by atoms with Gasteiger partial charge in [0, 0.05) is 7.05 Å². The normalized spacial score (nSPS) is 10.9. The molecule has 0 aliphatic heterocycles. The van der Waals surface area contributed by atoms with Crippen LogP contribution in [0, 0.1) is 11.3 Å². The van der Waals surface area contributed by atoms with Gasteiger partial charge in [-0.2, -0.15) is 20.2 Å². The molecule has 0 amide bonds. The molecule has 0 aliphatic rings. The Labute approximate surface area is 118 Å². The van der Waals surface area contributed by atoms with E-state index in [-0.39, 0.29) is 5.28 Å². The summed E-state index contributed by atoms with van der Waals surface area (Å²) in [6.45, 7) is 4.09. The molecule has 0 bridgehead atoms. The van der Waals surface area contributed by atoms with Crippen molar-refractivity contribution in [2.75, 3.05) is 17.7 Å². The predicted molar refractivity (Wildman–Crippen MR) is 76.2 cm³/mol. The van der Waals surface area contributed by atoms with Crippen LogP contribution in [0.2, 0.25) is 5.28 Å². The maximum absolute atomic E-state index is 9.46. The van der Waals surface area contributed by atoms with Crippen LogP contribution in [0.5, 0.6) is 0 Å². The highest BCUT2D eigenvalue weighted by Crippen LogP contribution is 2.24. The molecule has 0 saturated heterocycles. The maximum atomic E-state index is 9.46. The largest absolute Gasteiger partial charge is 0.357 e. The zero-order valence-electron chi connectivity index (χ0n) is 11.5. The molecule has 1 aromatic heterocycles. The van der Waals surface area contributed by atoms with Crippen molar-refractivity contribution in [2.24, 2.45) is 0 Å². The zero-order valence-corrected chi connectivity index (χ0v) is 12.3. The van der Waals surface area contributed by atoms with Crippen molar-refractivity contribution in [1.29, 1.82) is 5.26 Å². The number of hydrogen-bond acceptors (Lipinski definition) is 6. The van der Waals surface area contributed by atoms with Crippen LogP contribution in [0.4, 0.5) is 11.9 Å². The molecule has 0 aliphatic carbocycles. The Morgan fingerprint density at radius 2 is 1.74 bits per heavy atom. The first-order valence-electron chi connectivity index (χ1n) is 6.38. The highest BCUT2D eigenvalue weighted by atomic mass is 35.5. The number of nitriles is 1. The van der Waals surface area contributed by atoms with E-state index in [4.69, 9.17) is 11.6 Å². The van der Waals surface area contributed by atoms with Crippen LogP contribution in [-0.2, 0) is 0 Å². The second kappa shape index (κ2) is 7.10. The molecule has 0 unspecified atom stereocenters. The third-order valence-corrected chi connectivity index (χ3v) is 2.92. The maximum Gasteiger partial charge on any atom is 0.230 e. The van der Waals surface area contributed by atoms with E-state index in [0.29, 0.717) is 11.9 Å². The summed E-state index contributed by atoms with van der Waals surface area (Å²) >= 11 is 5.83. The van der Waals surface area contributed by atoms with Gasteiger partial charge in [0.1, 0.15) is 5.54 Å². The van der Waals surface area contributed by atoms with Crippen molar-refractivity contribution in [1.82, 2.24) is 15.0 Å². The predicted octanol–water partition coefficient (Wildman–Crippen LogP) is 2.84. The molecule has 1 heterocycles. The third kappa shape index (κ3) is 4.21. The van der Waals surface area contributed by atoms with E-state index in [2.05, 4.69) is 31.7 Å². The van der Waals surface area contributed by atoms with Gasteiger partial charge in [-0.1, -0.05) is 26.7 Å². The fourth-order valence-electron chi connectivity index (χ4n) is 1.98. The SMILES string of the molecule is CCCC(C#N)(CCC)Nc1nc(Cl)nc(NC)n1. The number of nitrogens with zero attached hydrogens (tertiary/aromatic N) is 4. The van der Waals surface area contributed by atoms with Gasteiger partial charge in [0.25, 0.3) is 0 Å². The van der Waals surface area contributed by atoms with E-state index < -0.39 is 5.54 Å². The summed E-state index contributed by atoms with van der Waals surface area (Å²) in [6.07, 6.45) is 3.27. The minimum atomic E-state index is -0.654. The van der Waals surface area contributed by atoms with Gasteiger partial charge in [0.15, 0.2) is 0 Å². The van der Waals surface area contributed by atoms with Crippen molar-refractivity contribution in [3.8, 4) is 6.07 Å². The standard InChI is InChI=1S/C12H19ClN6/c1-4-6-12(8-14,7-5-2)19-11-17-9(13)16-10(15-3)18-11/h4-7H2,1-3H3,(H2,15,16,17,18,19). The summed E-state index contributed by atoms with van der Waals surface area (Å²) < 4.78 is 0. The Bertz CT molecular complexity index is 450. The number of nitrogens with one attached hydrogen (secondary N) is 2. The van der Waals surface area contributed by atoms with Gasteiger partial charge in [-0.25, -0.2) is 0 Å². The van der Waals surface area contributed by atoms with Crippen LogP contribution >= 0.6 is 11.6 Å². The molecule has 104 valence electrons. The first-order chi connectivity index (χ1) is 9.09. The molecule has 0 fully saturated rings. The van der Waals surface area contributed by atoms with Crippen molar-refractivity contribution in [3.05, 3.63) is 5.28 Å². The monoisotopic (exact) mass is 282 g/mol. The molecule has 0 atom stereocenters. The number of halogens is 1. The van der Waals surface area contributed by atoms with Gasteiger partial charge < -0.3 is 10.6 Å². The van der Waals surface area contributed by atoms with E-state index in [1.165, 1.54) is 0 Å². The molecule has 1 rings (SSSR count). The van der Waals surface area contributed by atoms with Gasteiger partial charge in [-0.15, -0.1) is 0 Å². The Morgan fingerprint density at radius 1 is 1.16 bits per heavy atom. The van der Waals surface area contributed by atoms with Crippen molar-refractivity contribution in [2.45, 2.75) is 45.1 Å². The summed E-state index contributed by atoms with van der Waals surface area (Å²) in [5.41, 5.74) is -0.654. The van der Waals surface area contributed by atoms with Crippen LogP contribution in [0.1, 0.15) is 39.5 Å². The third-order valence-electron chi connectivity index (χ3n) is 2.75. The van der Waals surface area contributed by atoms with Crippen molar-refractivity contribution in [3.63, 3.8) is 0 Å². The quantitative estimate of drug-likeness (QED) is 0.800. The lowest BCUT2D eigenvalue weighted by Gasteiger charge is -2.27. The highest BCUT2D eigenvalue weighted by molar-refractivity contribution is 6.28. The molecule has 2 N–H and O–H groups in total. The molecule has 0 saturated carbocycles. The second-order valence-corrected chi connectivity index (χ2v) is 4.66. The molecule has 1 aromatic rings. The number of aromatic nitrogens is 3. The summed E-state index contributed by atoms with van der Waals surface area (Å²) in [7, 11) is 1.70. The lowest BCUT2D eigenvalue weighted by Crippen LogP contribution is -2.37. The molecular formula is C12H19ClN6. The molecule has 7 heteroatoms. The van der Waals surface area contributed by atoms with E-state index in [1.54, 1.807) is 7.05 Å². The highest BCUT2D eigenvalue weighted by Gasteiger charge is 2.29.